The molecule has 6 N–H and O–H groups in total. The first kappa shape index (κ1) is 9.47. The van der Waals surface area contributed by atoms with Crippen LogP contribution < -0.4 is 5.73 Å². The monoisotopic (exact) mass is 175 g/mol. The van der Waals surface area contributed by atoms with E-state index in [4.69, 9.17) is 15.9 Å². The summed E-state index contributed by atoms with van der Waals surface area (Å²) >= 11 is 0. The Bertz CT molecular complexity index is 194. The third kappa shape index (κ3) is 1.44. The largest absolute Gasteiger partial charge is 0.400 e. The predicted octanol–water partition coefficient (Wildman–Crippen LogP) is -2.47. The summed E-state index contributed by atoms with van der Waals surface area (Å²) in [5, 5.41) is 36.3. The molecule has 0 amide bonds. The van der Waals surface area contributed by atoms with Crippen LogP contribution in [0.15, 0.2) is 11.8 Å². The van der Waals surface area contributed by atoms with Gasteiger partial charge in [0.15, 0.2) is 0 Å². The van der Waals surface area contributed by atoms with Crippen LogP contribution in [0.5, 0.6) is 0 Å². The zero-order valence-corrected chi connectivity index (χ0v) is 6.46. The fourth-order valence-corrected chi connectivity index (χ4v) is 1.24. The zero-order valence-electron chi connectivity index (χ0n) is 6.46. The smallest absolute Gasteiger partial charge is 0.121 e. The van der Waals surface area contributed by atoms with E-state index in [9.17, 15) is 10.2 Å². The summed E-state index contributed by atoms with van der Waals surface area (Å²) in [7, 11) is 0. The Hall–Kier alpha value is -0.620. The van der Waals surface area contributed by atoms with Crippen molar-refractivity contribution in [1.82, 2.24) is 0 Å². The van der Waals surface area contributed by atoms with E-state index in [1.54, 1.807) is 0 Å². The number of rotatable bonds is 1. The maximum atomic E-state index is 9.26. The molecule has 0 aromatic carbocycles. The van der Waals surface area contributed by atoms with Crippen molar-refractivity contribution in [2.75, 3.05) is 6.61 Å². The zero-order chi connectivity index (χ0) is 9.30. The normalized spacial score (nSPS) is 42.5. The number of aliphatic hydroxyl groups is 4. The highest BCUT2D eigenvalue weighted by Crippen LogP contribution is 2.21. The van der Waals surface area contributed by atoms with Crippen LogP contribution in [-0.4, -0.2) is 45.3 Å². The number of hydrogen-bond donors (Lipinski definition) is 5. The molecule has 5 heteroatoms. The third-order valence-electron chi connectivity index (χ3n) is 2.07. The van der Waals surface area contributed by atoms with E-state index in [0.717, 1.165) is 0 Å². The van der Waals surface area contributed by atoms with Gasteiger partial charge in [-0.15, -0.1) is 0 Å². The number of aliphatic hydroxyl groups excluding tert-OH is 4. The Balaban J connectivity index is 2.83. The summed E-state index contributed by atoms with van der Waals surface area (Å²) < 4.78 is 0. The molecular weight excluding hydrogens is 162 g/mol. The van der Waals surface area contributed by atoms with Crippen LogP contribution in [0.3, 0.4) is 0 Å². The lowest BCUT2D eigenvalue weighted by Crippen LogP contribution is -2.48. The van der Waals surface area contributed by atoms with E-state index in [0.29, 0.717) is 0 Å². The molecule has 0 saturated carbocycles. The molecule has 0 radical (unpaired) electrons. The SMILES string of the molecule is NC1=CC(CO)[C@@H](O)[C@H](O)[C@H]1O. The predicted molar refractivity (Wildman–Crippen MR) is 40.9 cm³/mol. The molecule has 0 saturated heterocycles. The van der Waals surface area contributed by atoms with E-state index < -0.39 is 24.2 Å². The minimum absolute atomic E-state index is 0.0897. The van der Waals surface area contributed by atoms with Crippen LogP contribution >= 0.6 is 0 Å². The van der Waals surface area contributed by atoms with Crippen molar-refractivity contribution in [3.63, 3.8) is 0 Å². The van der Waals surface area contributed by atoms with Gasteiger partial charge in [-0.05, 0) is 0 Å². The first-order valence-corrected chi connectivity index (χ1v) is 3.70. The van der Waals surface area contributed by atoms with Gasteiger partial charge in [0.2, 0.25) is 0 Å². The second-order valence-electron chi connectivity index (χ2n) is 2.94. The van der Waals surface area contributed by atoms with Gasteiger partial charge in [-0.25, -0.2) is 0 Å². The average Bonchev–Trinajstić information content (AvgIpc) is 2.08. The Morgan fingerprint density at radius 1 is 1.25 bits per heavy atom. The van der Waals surface area contributed by atoms with Gasteiger partial charge in [-0.1, -0.05) is 6.08 Å². The third-order valence-corrected chi connectivity index (χ3v) is 2.07. The lowest BCUT2D eigenvalue weighted by molar-refractivity contribution is -0.0777. The van der Waals surface area contributed by atoms with Gasteiger partial charge >= 0.3 is 0 Å². The molecule has 1 unspecified atom stereocenters. The standard InChI is InChI=1S/C7H13NO4/c8-4-1-3(2-9)5(10)7(12)6(4)11/h1,3,5-7,9-12H,2,8H2/t3?,5-,6+,7+/m1/s1. The minimum atomic E-state index is -1.31. The van der Waals surface area contributed by atoms with Gasteiger partial charge < -0.3 is 26.2 Å². The molecule has 5 nitrogen and oxygen atoms in total. The quantitative estimate of drug-likeness (QED) is 0.304. The van der Waals surface area contributed by atoms with Crippen molar-refractivity contribution in [2.45, 2.75) is 18.3 Å². The molecule has 0 bridgehead atoms. The van der Waals surface area contributed by atoms with E-state index >= 15 is 0 Å². The highest BCUT2D eigenvalue weighted by Gasteiger charge is 2.35. The Labute approximate surface area is 69.8 Å². The summed E-state index contributed by atoms with van der Waals surface area (Å²) in [6, 6.07) is 0. The lowest BCUT2D eigenvalue weighted by atomic mass is 9.87. The molecule has 0 aromatic heterocycles. The number of hydrogen-bond acceptors (Lipinski definition) is 5. The summed E-state index contributed by atoms with van der Waals surface area (Å²) in [4.78, 5) is 0. The van der Waals surface area contributed by atoms with Crippen molar-refractivity contribution in [3.8, 4) is 0 Å². The maximum absolute atomic E-state index is 9.26. The highest BCUT2D eigenvalue weighted by molar-refractivity contribution is 5.15. The molecule has 1 rings (SSSR count). The summed E-state index contributed by atoms with van der Waals surface area (Å²) in [5.41, 5.74) is 5.42. The number of nitrogens with two attached hydrogens (primary N) is 1. The van der Waals surface area contributed by atoms with Crippen LogP contribution in [-0.2, 0) is 0 Å². The second kappa shape index (κ2) is 3.40. The van der Waals surface area contributed by atoms with Gasteiger partial charge in [0, 0.05) is 11.6 Å². The fraction of sp³-hybridized carbons (Fsp3) is 0.714. The molecule has 1 aliphatic rings. The van der Waals surface area contributed by atoms with E-state index in [2.05, 4.69) is 0 Å². The Kier molecular flexibility index (Phi) is 2.69. The van der Waals surface area contributed by atoms with Gasteiger partial charge in [-0.2, -0.15) is 0 Å². The van der Waals surface area contributed by atoms with Crippen LogP contribution in [0.1, 0.15) is 0 Å². The van der Waals surface area contributed by atoms with Gasteiger partial charge in [0.05, 0.1) is 12.7 Å². The first-order valence-electron chi connectivity index (χ1n) is 3.70. The van der Waals surface area contributed by atoms with Gasteiger partial charge in [0.1, 0.15) is 12.2 Å². The van der Waals surface area contributed by atoms with Gasteiger partial charge in [-0.3, -0.25) is 0 Å². The molecule has 12 heavy (non-hydrogen) atoms. The van der Waals surface area contributed by atoms with E-state index in [1.165, 1.54) is 6.08 Å². The summed E-state index contributed by atoms with van der Waals surface area (Å²) in [5.74, 6) is -0.594. The van der Waals surface area contributed by atoms with Crippen molar-refractivity contribution in [1.29, 1.82) is 0 Å². The van der Waals surface area contributed by atoms with Crippen molar-refractivity contribution >= 4 is 0 Å². The molecule has 0 fully saturated rings. The van der Waals surface area contributed by atoms with Crippen LogP contribution in [0, 0.1) is 5.92 Å². The summed E-state index contributed by atoms with van der Waals surface area (Å²) in [6.07, 6.45) is -2.34. The molecular formula is C7H13NO4. The van der Waals surface area contributed by atoms with Crippen molar-refractivity contribution in [2.24, 2.45) is 11.7 Å². The van der Waals surface area contributed by atoms with Crippen molar-refractivity contribution < 1.29 is 20.4 Å². The highest BCUT2D eigenvalue weighted by atomic mass is 16.4. The molecule has 0 heterocycles. The topological polar surface area (TPSA) is 107 Å². The van der Waals surface area contributed by atoms with E-state index in [1.807, 2.05) is 0 Å². The van der Waals surface area contributed by atoms with E-state index in [-0.39, 0.29) is 12.3 Å². The molecule has 0 aromatic rings. The van der Waals surface area contributed by atoms with Crippen LogP contribution in [0.2, 0.25) is 0 Å². The average molecular weight is 175 g/mol. The lowest BCUT2D eigenvalue weighted by Gasteiger charge is -2.32. The summed E-state index contributed by atoms with van der Waals surface area (Å²) in [6.45, 7) is -0.300. The molecule has 0 aliphatic heterocycles. The molecule has 4 atom stereocenters. The van der Waals surface area contributed by atoms with Crippen LogP contribution in [0.25, 0.3) is 0 Å². The Morgan fingerprint density at radius 2 is 1.83 bits per heavy atom. The Morgan fingerprint density at radius 3 is 2.33 bits per heavy atom. The van der Waals surface area contributed by atoms with Gasteiger partial charge in [0.25, 0.3) is 0 Å². The fourth-order valence-electron chi connectivity index (χ4n) is 1.24. The molecule has 70 valence electrons. The van der Waals surface area contributed by atoms with Crippen molar-refractivity contribution in [3.05, 3.63) is 11.8 Å². The van der Waals surface area contributed by atoms with Crippen LogP contribution in [0.4, 0.5) is 0 Å². The molecule has 1 aliphatic carbocycles. The molecule has 0 spiro atoms. The maximum Gasteiger partial charge on any atom is 0.121 e. The minimum Gasteiger partial charge on any atom is -0.400 e. The second-order valence-corrected chi connectivity index (χ2v) is 2.94. The first-order chi connectivity index (χ1) is 5.57.